The predicted molar refractivity (Wildman–Crippen MR) is 123 cm³/mol. The predicted octanol–water partition coefficient (Wildman–Crippen LogP) is 6.04. The first-order chi connectivity index (χ1) is 14.2. The molecule has 0 aliphatic rings. The fraction of sp³-hybridized carbons (Fsp3) is 0.240. The van der Waals surface area contributed by atoms with Gasteiger partial charge in [0, 0.05) is 18.6 Å². The van der Waals surface area contributed by atoms with Crippen LogP contribution in [0, 0.1) is 6.92 Å². The molecule has 3 aromatic rings. The molecule has 2 heterocycles. The number of carbonyl (C=O) groups excluding carboxylic acids is 1. The molecule has 1 aromatic carbocycles. The molecule has 0 bridgehead atoms. The number of nitrogens with zero attached hydrogens (tertiary/aromatic N) is 3. The first kappa shape index (κ1) is 21.2. The number of amides is 1. The molecule has 3 rings (SSSR count). The van der Waals surface area contributed by atoms with Crippen molar-refractivity contribution in [2.45, 2.75) is 33.3 Å². The Bertz CT molecular complexity index is 1090. The van der Waals surface area contributed by atoms with Gasteiger partial charge in [-0.1, -0.05) is 35.9 Å². The van der Waals surface area contributed by atoms with Crippen LogP contribution in [0.15, 0.2) is 60.8 Å². The number of fused-ring (bicyclic) bond motifs is 1. The van der Waals surface area contributed by atoms with Crippen molar-refractivity contribution in [3.8, 4) is 0 Å². The summed E-state index contributed by atoms with van der Waals surface area (Å²) in [6.07, 6.45) is 9.09. The van der Waals surface area contributed by atoms with Crippen molar-refractivity contribution in [2.75, 3.05) is 11.9 Å². The summed E-state index contributed by atoms with van der Waals surface area (Å²) >= 11 is 0. The minimum absolute atomic E-state index is 0.431. The topological polar surface area (TPSA) is 55.3 Å². The molecule has 0 N–H and O–H groups in total. The quantitative estimate of drug-likeness (QED) is 0.500. The molecule has 0 radical (unpaired) electrons. The molecular formula is C25H27N3O2. The Morgan fingerprint density at radius 2 is 1.80 bits per heavy atom. The number of allylic oxidation sites excluding steroid dienone is 2. The molecule has 30 heavy (non-hydrogen) atoms. The van der Waals surface area contributed by atoms with E-state index in [9.17, 15) is 4.79 Å². The average Bonchev–Trinajstić information content (AvgIpc) is 2.70. The lowest BCUT2D eigenvalue weighted by molar-refractivity contribution is 0.0588. The summed E-state index contributed by atoms with van der Waals surface area (Å²) in [4.78, 5) is 22.5. The van der Waals surface area contributed by atoms with Gasteiger partial charge in [0.2, 0.25) is 0 Å². The maximum Gasteiger partial charge on any atom is 0.415 e. The smallest absolute Gasteiger partial charge is 0.415 e. The van der Waals surface area contributed by atoms with Gasteiger partial charge in [-0.05, 0) is 69.7 Å². The van der Waals surface area contributed by atoms with Gasteiger partial charge in [0.1, 0.15) is 11.4 Å². The maximum atomic E-state index is 12.1. The highest BCUT2D eigenvalue weighted by Crippen LogP contribution is 2.17. The van der Waals surface area contributed by atoms with E-state index in [0.717, 1.165) is 22.2 Å². The summed E-state index contributed by atoms with van der Waals surface area (Å²) in [6.45, 7) is 7.58. The van der Waals surface area contributed by atoms with E-state index in [1.807, 2.05) is 63.3 Å². The van der Waals surface area contributed by atoms with Crippen LogP contribution in [0.5, 0.6) is 0 Å². The number of hydrogen-bond donors (Lipinski definition) is 0. The Labute approximate surface area is 177 Å². The van der Waals surface area contributed by atoms with Crippen LogP contribution < -0.4 is 4.90 Å². The molecule has 0 aliphatic heterocycles. The van der Waals surface area contributed by atoms with Crippen LogP contribution in [0.3, 0.4) is 0 Å². The summed E-state index contributed by atoms with van der Waals surface area (Å²) in [6, 6.07) is 14.0. The van der Waals surface area contributed by atoms with Gasteiger partial charge in [-0.15, -0.1) is 0 Å². The number of aryl methyl sites for hydroxylation is 1. The molecule has 0 atom stereocenters. The number of hydrogen-bond acceptors (Lipinski definition) is 4. The van der Waals surface area contributed by atoms with Crippen molar-refractivity contribution in [3.63, 3.8) is 0 Å². The van der Waals surface area contributed by atoms with Crippen LogP contribution in [-0.2, 0) is 4.74 Å². The molecular weight excluding hydrogens is 374 g/mol. The van der Waals surface area contributed by atoms with Gasteiger partial charge in [0.05, 0.1) is 11.2 Å². The maximum absolute atomic E-state index is 12.1. The van der Waals surface area contributed by atoms with E-state index in [0.29, 0.717) is 5.82 Å². The second-order valence-electron chi connectivity index (χ2n) is 8.14. The molecule has 0 saturated heterocycles. The SMILES string of the molecule is Cc1ccc2nc(/C=C/C=C/c3ccc(N(C)C(=O)OC(C)(C)C)nc3)ccc2c1. The lowest BCUT2D eigenvalue weighted by Crippen LogP contribution is -2.34. The highest BCUT2D eigenvalue weighted by molar-refractivity contribution is 5.86. The largest absolute Gasteiger partial charge is 0.443 e. The van der Waals surface area contributed by atoms with Crippen LogP contribution >= 0.6 is 0 Å². The third-order valence-corrected chi connectivity index (χ3v) is 4.31. The van der Waals surface area contributed by atoms with Gasteiger partial charge in [-0.25, -0.2) is 14.8 Å². The highest BCUT2D eigenvalue weighted by atomic mass is 16.6. The van der Waals surface area contributed by atoms with Gasteiger partial charge in [0.15, 0.2) is 0 Å². The number of benzene rings is 1. The summed E-state index contributed by atoms with van der Waals surface area (Å²) in [5.74, 6) is 0.535. The summed E-state index contributed by atoms with van der Waals surface area (Å²) in [5.41, 5.74) is 3.51. The van der Waals surface area contributed by atoms with Crippen LogP contribution in [0.4, 0.5) is 10.6 Å². The minimum atomic E-state index is -0.542. The zero-order chi connectivity index (χ0) is 21.7. The average molecular weight is 402 g/mol. The molecule has 0 unspecified atom stereocenters. The molecule has 154 valence electrons. The molecule has 1 amide bonds. The van der Waals surface area contributed by atoms with Crippen molar-refractivity contribution < 1.29 is 9.53 Å². The number of anilines is 1. The molecule has 5 nitrogen and oxygen atoms in total. The first-order valence-electron chi connectivity index (χ1n) is 9.86. The van der Waals surface area contributed by atoms with Crippen LogP contribution in [0.25, 0.3) is 23.1 Å². The molecule has 0 aliphatic carbocycles. The Morgan fingerprint density at radius 1 is 1.03 bits per heavy atom. The zero-order valence-electron chi connectivity index (χ0n) is 18.1. The Hall–Kier alpha value is -3.47. The number of ether oxygens (including phenoxy) is 1. The van der Waals surface area contributed by atoms with Crippen molar-refractivity contribution in [1.82, 2.24) is 9.97 Å². The molecule has 5 heteroatoms. The number of aromatic nitrogens is 2. The van der Waals surface area contributed by atoms with Gasteiger partial charge in [-0.2, -0.15) is 0 Å². The first-order valence-corrected chi connectivity index (χ1v) is 9.86. The lowest BCUT2D eigenvalue weighted by atomic mass is 10.1. The molecule has 2 aromatic heterocycles. The van der Waals surface area contributed by atoms with E-state index in [2.05, 4.69) is 35.1 Å². The van der Waals surface area contributed by atoms with Crippen LogP contribution in [-0.4, -0.2) is 28.7 Å². The van der Waals surface area contributed by atoms with E-state index >= 15 is 0 Å². The Kier molecular flexibility index (Phi) is 6.31. The van der Waals surface area contributed by atoms with Crippen molar-refractivity contribution in [1.29, 1.82) is 0 Å². The van der Waals surface area contributed by atoms with E-state index < -0.39 is 11.7 Å². The molecule has 0 fully saturated rings. The van der Waals surface area contributed by atoms with Gasteiger partial charge in [0.25, 0.3) is 0 Å². The number of carbonyl (C=O) groups is 1. The summed E-state index contributed by atoms with van der Waals surface area (Å²) < 4.78 is 5.36. The van der Waals surface area contributed by atoms with Crippen LogP contribution in [0.2, 0.25) is 0 Å². The Balaban J connectivity index is 1.62. The normalized spacial score (nSPS) is 12.0. The third kappa shape index (κ3) is 5.77. The fourth-order valence-corrected chi connectivity index (χ4v) is 2.79. The number of rotatable bonds is 4. The standard InChI is InChI=1S/C25H27N3O2/c1-18-10-14-22-20(16-18)12-13-21(27-22)9-7-6-8-19-11-15-23(26-17-19)28(5)24(29)30-25(2,3)4/h6-17H,1-5H3/b8-6+,9-7+. The number of pyridine rings is 2. The van der Waals surface area contributed by atoms with Crippen molar-refractivity contribution in [3.05, 3.63) is 77.6 Å². The molecule has 0 spiro atoms. The van der Waals surface area contributed by atoms with Crippen molar-refractivity contribution in [2.24, 2.45) is 0 Å². The van der Waals surface area contributed by atoms with E-state index in [1.54, 1.807) is 19.3 Å². The molecule has 0 saturated carbocycles. The van der Waals surface area contributed by atoms with Gasteiger partial charge < -0.3 is 4.74 Å². The third-order valence-electron chi connectivity index (χ3n) is 4.31. The van der Waals surface area contributed by atoms with Gasteiger partial charge >= 0.3 is 6.09 Å². The van der Waals surface area contributed by atoms with Gasteiger partial charge in [-0.3, -0.25) is 4.90 Å². The van der Waals surface area contributed by atoms with Crippen molar-refractivity contribution >= 4 is 35.0 Å². The Morgan fingerprint density at radius 3 is 2.50 bits per heavy atom. The fourth-order valence-electron chi connectivity index (χ4n) is 2.79. The van der Waals surface area contributed by atoms with E-state index in [4.69, 9.17) is 4.74 Å². The lowest BCUT2D eigenvalue weighted by Gasteiger charge is -2.24. The van der Waals surface area contributed by atoms with E-state index in [1.165, 1.54) is 10.5 Å². The second kappa shape index (κ2) is 8.91. The zero-order valence-corrected chi connectivity index (χ0v) is 18.1. The van der Waals surface area contributed by atoms with E-state index in [-0.39, 0.29) is 0 Å². The second-order valence-corrected chi connectivity index (χ2v) is 8.14. The highest BCUT2D eigenvalue weighted by Gasteiger charge is 2.20. The minimum Gasteiger partial charge on any atom is -0.443 e. The summed E-state index contributed by atoms with van der Waals surface area (Å²) in [5, 5.41) is 1.14. The monoisotopic (exact) mass is 401 g/mol. The summed E-state index contributed by atoms with van der Waals surface area (Å²) in [7, 11) is 1.65. The van der Waals surface area contributed by atoms with Crippen LogP contribution in [0.1, 0.15) is 37.6 Å².